The lowest BCUT2D eigenvalue weighted by molar-refractivity contribution is -0.190. The number of ether oxygens (including phenoxy) is 1. The fourth-order valence-electron chi connectivity index (χ4n) is 2.79. The van der Waals surface area contributed by atoms with E-state index in [0.717, 1.165) is 9.91 Å². The molecule has 1 atom stereocenters. The summed E-state index contributed by atoms with van der Waals surface area (Å²) in [4.78, 5) is 8.54. The van der Waals surface area contributed by atoms with Gasteiger partial charge in [0.2, 0.25) is 0 Å². The maximum absolute atomic E-state index is 13.7. The predicted molar refractivity (Wildman–Crippen MR) is 96.1 cm³/mol. The first-order valence-electron chi connectivity index (χ1n) is 9.05. The molecule has 1 saturated heterocycles. The molecule has 0 saturated carbocycles. The van der Waals surface area contributed by atoms with Crippen LogP contribution in [0.5, 0.6) is 6.01 Å². The number of nitrogens with zero attached hydrogens (tertiary/aromatic N) is 5. The van der Waals surface area contributed by atoms with Gasteiger partial charge in [-0.1, -0.05) is 0 Å². The summed E-state index contributed by atoms with van der Waals surface area (Å²) in [7, 11) is 2.72. The molecule has 178 valence electrons. The third-order valence-corrected chi connectivity index (χ3v) is 4.43. The topological polar surface area (TPSA) is 70.8 Å². The molecule has 7 nitrogen and oxygen atoms in total. The molecule has 1 aromatic heterocycles. The zero-order valence-electron chi connectivity index (χ0n) is 16.9. The molecule has 0 amide bonds. The van der Waals surface area contributed by atoms with Crippen LogP contribution in [-0.2, 0) is 0 Å². The van der Waals surface area contributed by atoms with Crippen molar-refractivity contribution >= 4 is 17.3 Å². The average molecular weight is 466 g/mol. The molecule has 15 heteroatoms. The number of hydrogen-bond donors (Lipinski definition) is 1. The summed E-state index contributed by atoms with van der Waals surface area (Å²) in [5.74, 6) is -3.82. The fraction of sp³-hybridized carbons (Fsp3) is 0.750. The molecule has 2 rings (SSSR count). The smallest absolute Gasteiger partial charge is 0.425 e. The molecule has 2 heterocycles. The van der Waals surface area contributed by atoms with E-state index in [-0.39, 0.29) is 23.9 Å². The van der Waals surface area contributed by atoms with Crippen molar-refractivity contribution in [3.8, 4) is 6.01 Å². The van der Waals surface area contributed by atoms with Gasteiger partial charge in [-0.15, -0.1) is 0 Å². The lowest BCUT2D eigenvalue weighted by Crippen LogP contribution is -2.41. The van der Waals surface area contributed by atoms with Crippen LogP contribution in [0.25, 0.3) is 0 Å². The highest BCUT2D eigenvalue weighted by molar-refractivity contribution is 5.76. The summed E-state index contributed by atoms with van der Waals surface area (Å²) in [6, 6.07) is -0.849. The van der Waals surface area contributed by atoms with Crippen LogP contribution in [0.3, 0.4) is 0 Å². The summed E-state index contributed by atoms with van der Waals surface area (Å²) >= 11 is 0. The fourth-order valence-corrected chi connectivity index (χ4v) is 2.79. The van der Waals surface area contributed by atoms with Gasteiger partial charge < -0.3 is 15.4 Å². The third kappa shape index (κ3) is 6.58. The summed E-state index contributed by atoms with van der Waals surface area (Å²) in [6.07, 6.45) is -13.5. The summed E-state index contributed by atoms with van der Waals surface area (Å²) in [6.45, 7) is -1.03. The van der Waals surface area contributed by atoms with E-state index in [9.17, 15) is 35.1 Å². The van der Waals surface area contributed by atoms with Crippen LogP contribution in [0.15, 0.2) is 0 Å². The van der Waals surface area contributed by atoms with Gasteiger partial charge in [-0.3, -0.25) is 5.01 Å². The number of rotatable bonds is 7. The highest BCUT2D eigenvalue weighted by Crippen LogP contribution is 2.38. The molecule has 0 radical (unpaired) electrons. The van der Waals surface area contributed by atoms with Gasteiger partial charge in [-0.05, 0) is 6.92 Å². The van der Waals surface area contributed by atoms with Crippen molar-refractivity contribution in [1.29, 1.82) is 0 Å². The summed E-state index contributed by atoms with van der Waals surface area (Å²) in [5, 5.41) is 2.14. The minimum atomic E-state index is -4.79. The van der Waals surface area contributed by atoms with Crippen LogP contribution >= 0.6 is 0 Å². The van der Waals surface area contributed by atoms with Crippen molar-refractivity contribution in [2.24, 2.45) is 0 Å². The van der Waals surface area contributed by atoms with Gasteiger partial charge >= 0.3 is 18.4 Å². The van der Waals surface area contributed by atoms with Gasteiger partial charge in [-0.25, -0.2) is 13.8 Å². The molecule has 1 aromatic rings. The molecule has 31 heavy (non-hydrogen) atoms. The Bertz CT molecular complexity index is 770. The number of alkyl halides is 8. The van der Waals surface area contributed by atoms with E-state index in [1.807, 2.05) is 0 Å². The van der Waals surface area contributed by atoms with Crippen LogP contribution in [0.1, 0.15) is 19.8 Å². The lowest BCUT2D eigenvalue weighted by atomic mass is 10.3. The maximum Gasteiger partial charge on any atom is 0.425 e. The molecule has 0 aliphatic carbocycles. The number of hydrazine groups is 1. The van der Waals surface area contributed by atoms with Crippen LogP contribution < -0.4 is 20.4 Å². The Hall–Kier alpha value is -2.32. The van der Waals surface area contributed by atoms with Gasteiger partial charge in [0.05, 0.1) is 13.0 Å². The molecule has 1 aliphatic rings. The Balaban J connectivity index is 2.51. The van der Waals surface area contributed by atoms with Crippen LogP contribution in [-0.4, -0.2) is 73.1 Å². The van der Waals surface area contributed by atoms with E-state index in [1.165, 1.54) is 19.1 Å². The first kappa shape index (κ1) is 24.9. The third-order valence-electron chi connectivity index (χ3n) is 4.43. The van der Waals surface area contributed by atoms with Crippen molar-refractivity contribution in [1.82, 2.24) is 15.0 Å². The highest BCUT2D eigenvalue weighted by atomic mass is 19.4. The number of nitrogens with two attached hydrogens (primary N) is 1. The second kappa shape index (κ2) is 8.67. The SMILES string of the molecule is C[C@H](Oc1nc(N2CCC(F)(F)C2)c(N)c(N(CCC(F)(F)F)N(C)C)n1)C(F)(F)F. The molecule has 0 unspecified atom stereocenters. The molecule has 0 bridgehead atoms. The molecular weight excluding hydrogens is 444 g/mol. The number of aromatic nitrogens is 2. The monoisotopic (exact) mass is 466 g/mol. The van der Waals surface area contributed by atoms with Crippen LogP contribution in [0.2, 0.25) is 0 Å². The van der Waals surface area contributed by atoms with E-state index >= 15 is 0 Å². The first-order chi connectivity index (χ1) is 14.0. The zero-order chi connectivity index (χ0) is 23.8. The van der Waals surface area contributed by atoms with Crippen molar-refractivity contribution in [2.45, 2.75) is 44.1 Å². The number of halogens is 8. The first-order valence-corrected chi connectivity index (χ1v) is 9.05. The largest absolute Gasteiger partial charge is 0.451 e. The number of nitrogen functional groups attached to an aromatic ring is 1. The Morgan fingerprint density at radius 2 is 1.77 bits per heavy atom. The van der Waals surface area contributed by atoms with E-state index in [0.29, 0.717) is 6.92 Å². The van der Waals surface area contributed by atoms with Gasteiger partial charge in [0.15, 0.2) is 17.7 Å². The Morgan fingerprint density at radius 3 is 2.23 bits per heavy atom. The normalized spacial score (nSPS) is 17.9. The molecule has 0 spiro atoms. The number of anilines is 3. The lowest BCUT2D eigenvalue weighted by Gasteiger charge is -2.32. The van der Waals surface area contributed by atoms with Gasteiger partial charge in [-0.2, -0.15) is 36.3 Å². The highest BCUT2D eigenvalue weighted by Gasteiger charge is 2.42. The van der Waals surface area contributed by atoms with Gasteiger partial charge in [0.25, 0.3) is 5.92 Å². The van der Waals surface area contributed by atoms with E-state index < -0.39 is 56.3 Å². The van der Waals surface area contributed by atoms with Crippen molar-refractivity contribution in [2.75, 3.05) is 49.4 Å². The predicted octanol–water partition coefficient (Wildman–Crippen LogP) is 3.47. The zero-order valence-corrected chi connectivity index (χ0v) is 16.9. The standard InChI is InChI=1S/C16H22F8N6O/c1-9(16(22,23)24)31-13-26-11(29-6-4-14(17,18)8-29)10(25)12(27-13)30(28(2)3)7-5-15(19,20)21/h9H,4-8,25H2,1-3H3/t9-/m0/s1. The van der Waals surface area contributed by atoms with Gasteiger partial charge in [0.1, 0.15) is 5.69 Å². The second-order valence-corrected chi connectivity index (χ2v) is 7.23. The number of hydrogen-bond acceptors (Lipinski definition) is 7. The Morgan fingerprint density at radius 1 is 1.16 bits per heavy atom. The van der Waals surface area contributed by atoms with E-state index in [4.69, 9.17) is 10.5 Å². The minimum Gasteiger partial charge on any atom is -0.451 e. The van der Waals surface area contributed by atoms with E-state index in [1.54, 1.807) is 0 Å². The molecule has 0 aromatic carbocycles. The molecule has 1 aliphatic heterocycles. The quantitative estimate of drug-likeness (QED) is 0.488. The van der Waals surface area contributed by atoms with Crippen molar-refractivity contribution < 1.29 is 39.9 Å². The maximum atomic E-state index is 13.7. The Labute approximate surface area is 172 Å². The molecule has 1 fully saturated rings. The second-order valence-electron chi connectivity index (χ2n) is 7.23. The van der Waals surface area contributed by atoms with Crippen molar-refractivity contribution in [3.63, 3.8) is 0 Å². The molecular formula is C16H22F8N6O. The Kier molecular flexibility index (Phi) is 6.97. The minimum absolute atomic E-state index is 0.216. The van der Waals surface area contributed by atoms with Gasteiger partial charge in [0, 0.05) is 33.6 Å². The molecule has 2 N–H and O–H groups in total. The van der Waals surface area contributed by atoms with Crippen LogP contribution in [0, 0.1) is 0 Å². The summed E-state index contributed by atoms with van der Waals surface area (Å²) in [5.41, 5.74) is 5.62. The van der Waals surface area contributed by atoms with Crippen molar-refractivity contribution in [3.05, 3.63) is 0 Å². The van der Waals surface area contributed by atoms with E-state index in [2.05, 4.69) is 9.97 Å². The average Bonchev–Trinajstić information content (AvgIpc) is 2.94. The van der Waals surface area contributed by atoms with Crippen LogP contribution in [0.4, 0.5) is 52.4 Å². The summed E-state index contributed by atoms with van der Waals surface area (Å²) < 4.78 is 109.